The highest BCUT2D eigenvalue weighted by atomic mass is 16.6. The van der Waals surface area contributed by atoms with Crippen molar-refractivity contribution in [2.24, 2.45) is 5.41 Å². The second kappa shape index (κ2) is 6.29. The number of aryl methyl sites for hydroxylation is 1. The van der Waals surface area contributed by atoms with E-state index in [4.69, 9.17) is 4.74 Å². The molecule has 1 aromatic carbocycles. The normalized spacial score (nSPS) is 18.7. The maximum absolute atomic E-state index is 12.3. The minimum Gasteiger partial charge on any atom is -0.447 e. The zero-order valence-corrected chi connectivity index (χ0v) is 13.0. The number of carbonyl (C=O) groups excluding carboxylic acids is 2. The average molecular weight is 289 g/mol. The van der Waals surface area contributed by atoms with Crippen LogP contribution in [0.5, 0.6) is 0 Å². The first-order valence-corrected chi connectivity index (χ1v) is 7.39. The first kappa shape index (κ1) is 15.5. The zero-order valence-electron chi connectivity index (χ0n) is 13.0. The Bertz CT molecular complexity index is 505. The molecule has 0 saturated carbocycles. The second-order valence-electron chi connectivity index (χ2n) is 6.76. The van der Waals surface area contributed by atoms with Crippen LogP contribution in [0, 0.1) is 5.41 Å². The minimum absolute atomic E-state index is 0.135. The summed E-state index contributed by atoms with van der Waals surface area (Å²) in [4.78, 5) is 25.4. The monoisotopic (exact) mass is 289 g/mol. The van der Waals surface area contributed by atoms with E-state index in [0.29, 0.717) is 13.0 Å². The van der Waals surface area contributed by atoms with Crippen LogP contribution in [0.15, 0.2) is 30.3 Å². The van der Waals surface area contributed by atoms with E-state index in [1.807, 2.05) is 39.0 Å². The molecule has 0 aromatic heterocycles. The van der Waals surface area contributed by atoms with E-state index in [1.165, 1.54) is 10.5 Å². The Morgan fingerprint density at radius 1 is 1.29 bits per heavy atom. The van der Waals surface area contributed by atoms with Gasteiger partial charge in [0.15, 0.2) is 0 Å². The quantitative estimate of drug-likeness (QED) is 0.853. The van der Waals surface area contributed by atoms with Crippen LogP contribution in [0.1, 0.15) is 39.2 Å². The smallest absolute Gasteiger partial charge is 0.416 e. The van der Waals surface area contributed by atoms with Crippen LogP contribution < -0.4 is 0 Å². The molecule has 0 N–H and O–H groups in total. The van der Waals surface area contributed by atoms with E-state index in [1.54, 1.807) is 0 Å². The molecule has 0 unspecified atom stereocenters. The summed E-state index contributed by atoms with van der Waals surface area (Å²) in [6.45, 7) is 6.28. The van der Waals surface area contributed by atoms with E-state index in [0.717, 1.165) is 12.8 Å². The van der Waals surface area contributed by atoms with Gasteiger partial charge in [-0.05, 0) is 23.8 Å². The molecule has 0 aliphatic carbocycles. The SMILES string of the molecule is CC(C)(C)CC(=O)N1C(=O)OC[C@@H]1CCc1ccccc1. The van der Waals surface area contributed by atoms with Crippen LogP contribution in [-0.4, -0.2) is 29.5 Å². The molecule has 2 rings (SSSR count). The van der Waals surface area contributed by atoms with Gasteiger partial charge in [-0.2, -0.15) is 0 Å². The molecule has 0 radical (unpaired) electrons. The van der Waals surface area contributed by atoms with Crippen molar-refractivity contribution < 1.29 is 14.3 Å². The third-order valence-corrected chi connectivity index (χ3v) is 3.52. The van der Waals surface area contributed by atoms with Crippen molar-refractivity contribution in [2.75, 3.05) is 6.61 Å². The molecule has 1 aromatic rings. The molecule has 1 aliphatic heterocycles. The van der Waals surface area contributed by atoms with Gasteiger partial charge in [0.2, 0.25) is 5.91 Å². The predicted molar refractivity (Wildman–Crippen MR) is 80.8 cm³/mol. The third kappa shape index (κ3) is 4.31. The lowest BCUT2D eigenvalue weighted by Gasteiger charge is -2.24. The molecule has 4 nitrogen and oxygen atoms in total. The summed E-state index contributed by atoms with van der Waals surface area (Å²) >= 11 is 0. The summed E-state index contributed by atoms with van der Waals surface area (Å²) < 4.78 is 5.07. The number of ether oxygens (including phenoxy) is 1. The Hall–Kier alpha value is -1.84. The molecule has 1 fully saturated rings. The summed E-state index contributed by atoms with van der Waals surface area (Å²) in [7, 11) is 0. The fourth-order valence-corrected chi connectivity index (χ4v) is 2.50. The van der Waals surface area contributed by atoms with E-state index in [-0.39, 0.29) is 17.4 Å². The van der Waals surface area contributed by atoms with Crippen molar-refractivity contribution in [2.45, 2.75) is 46.1 Å². The minimum atomic E-state index is -0.498. The van der Waals surface area contributed by atoms with E-state index in [9.17, 15) is 9.59 Å². The average Bonchev–Trinajstić information content (AvgIpc) is 2.77. The van der Waals surface area contributed by atoms with Gasteiger partial charge in [0, 0.05) is 6.42 Å². The number of cyclic esters (lactones) is 1. The number of hydrogen-bond acceptors (Lipinski definition) is 3. The van der Waals surface area contributed by atoms with Gasteiger partial charge >= 0.3 is 6.09 Å². The van der Waals surface area contributed by atoms with Crippen LogP contribution >= 0.6 is 0 Å². The topological polar surface area (TPSA) is 46.6 Å². The van der Waals surface area contributed by atoms with Crippen molar-refractivity contribution in [3.8, 4) is 0 Å². The Kier molecular flexibility index (Phi) is 4.66. The van der Waals surface area contributed by atoms with Crippen molar-refractivity contribution >= 4 is 12.0 Å². The fourth-order valence-electron chi connectivity index (χ4n) is 2.50. The Morgan fingerprint density at radius 3 is 2.57 bits per heavy atom. The number of nitrogens with zero attached hydrogens (tertiary/aromatic N) is 1. The third-order valence-electron chi connectivity index (χ3n) is 3.52. The summed E-state index contributed by atoms with van der Waals surface area (Å²) in [5, 5.41) is 0. The lowest BCUT2D eigenvalue weighted by molar-refractivity contribution is -0.131. The summed E-state index contributed by atoms with van der Waals surface area (Å²) in [5.74, 6) is -0.136. The van der Waals surface area contributed by atoms with Gasteiger partial charge in [-0.1, -0.05) is 51.1 Å². The van der Waals surface area contributed by atoms with Crippen LogP contribution in [0.25, 0.3) is 0 Å². The van der Waals surface area contributed by atoms with Crippen molar-refractivity contribution in [3.05, 3.63) is 35.9 Å². The molecule has 0 spiro atoms. The summed E-state index contributed by atoms with van der Waals surface area (Å²) in [6.07, 6.45) is 1.43. The van der Waals surface area contributed by atoms with Crippen molar-refractivity contribution in [1.29, 1.82) is 0 Å². The molecule has 114 valence electrons. The summed E-state index contributed by atoms with van der Waals surface area (Å²) in [6, 6.07) is 9.93. The first-order valence-electron chi connectivity index (χ1n) is 7.39. The molecule has 21 heavy (non-hydrogen) atoms. The number of hydrogen-bond donors (Lipinski definition) is 0. The molecule has 1 heterocycles. The molecule has 4 heteroatoms. The molecule has 0 bridgehead atoms. The van der Waals surface area contributed by atoms with Crippen molar-refractivity contribution in [3.63, 3.8) is 0 Å². The van der Waals surface area contributed by atoms with E-state index < -0.39 is 6.09 Å². The van der Waals surface area contributed by atoms with E-state index >= 15 is 0 Å². The van der Waals surface area contributed by atoms with Gasteiger partial charge in [-0.3, -0.25) is 4.79 Å². The number of benzene rings is 1. The summed E-state index contributed by atoms with van der Waals surface area (Å²) in [5.41, 5.74) is 1.07. The fraction of sp³-hybridized carbons (Fsp3) is 0.529. The van der Waals surface area contributed by atoms with Crippen molar-refractivity contribution in [1.82, 2.24) is 4.90 Å². The predicted octanol–water partition coefficient (Wildman–Crippen LogP) is 3.40. The van der Waals surface area contributed by atoms with Gasteiger partial charge in [0.05, 0.1) is 6.04 Å². The Morgan fingerprint density at radius 2 is 1.95 bits per heavy atom. The van der Waals surface area contributed by atoms with Crippen LogP contribution in [0.3, 0.4) is 0 Å². The highest BCUT2D eigenvalue weighted by Crippen LogP contribution is 2.24. The van der Waals surface area contributed by atoms with E-state index in [2.05, 4.69) is 12.1 Å². The maximum atomic E-state index is 12.3. The molecular weight excluding hydrogens is 266 g/mol. The highest BCUT2D eigenvalue weighted by molar-refractivity contribution is 5.93. The molecular formula is C17H23NO3. The maximum Gasteiger partial charge on any atom is 0.416 e. The number of amides is 2. The van der Waals surface area contributed by atoms with Gasteiger partial charge in [-0.15, -0.1) is 0 Å². The van der Waals surface area contributed by atoms with Crippen LogP contribution in [0.4, 0.5) is 4.79 Å². The molecule has 1 aliphatic rings. The molecule has 2 amide bonds. The highest BCUT2D eigenvalue weighted by Gasteiger charge is 2.38. The largest absolute Gasteiger partial charge is 0.447 e. The van der Waals surface area contributed by atoms with Gasteiger partial charge in [-0.25, -0.2) is 9.69 Å². The number of rotatable bonds is 4. The van der Waals surface area contributed by atoms with Gasteiger partial charge < -0.3 is 4.74 Å². The van der Waals surface area contributed by atoms with Gasteiger partial charge in [0.25, 0.3) is 0 Å². The van der Waals surface area contributed by atoms with Crippen LogP contribution in [-0.2, 0) is 16.0 Å². The lowest BCUT2D eigenvalue weighted by Crippen LogP contribution is -2.40. The Labute approximate surface area is 126 Å². The molecule has 1 atom stereocenters. The first-order chi connectivity index (χ1) is 9.87. The lowest BCUT2D eigenvalue weighted by atomic mass is 9.91. The zero-order chi connectivity index (χ0) is 15.5. The second-order valence-corrected chi connectivity index (χ2v) is 6.76. The van der Waals surface area contributed by atoms with Gasteiger partial charge in [0.1, 0.15) is 6.61 Å². The number of carbonyl (C=O) groups is 2. The molecule has 1 saturated heterocycles. The Balaban J connectivity index is 1.98. The standard InChI is InChI=1S/C17H23NO3/c1-17(2,3)11-15(19)18-14(12-21-16(18)20)10-9-13-7-5-4-6-8-13/h4-8,14H,9-12H2,1-3H3/t14-/m0/s1. The van der Waals surface area contributed by atoms with Crippen LogP contribution in [0.2, 0.25) is 0 Å². The number of imide groups is 1.